The normalized spacial score (nSPS) is 10.8. The number of unbranched alkanes of at least 4 members (excludes halogenated alkanes) is 5. The van der Waals surface area contributed by atoms with Crippen LogP contribution >= 0.6 is 0 Å². The van der Waals surface area contributed by atoms with Crippen LogP contribution in [0.2, 0.25) is 0 Å². The fourth-order valence-corrected chi connectivity index (χ4v) is 2.23. The monoisotopic (exact) mass is 279 g/mol. The summed E-state index contributed by atoms with van der Waals surface area (Å²) in [7, 11) is 0. The zero-order chi connectivity index (χ0) is 14.6. The molecule has 20 heavy (non-hydrogen) atoms. The molecule has 0 fully saturated rings. The van der Waals surface area contributed by atoms with Gasteiger partial charge in [-0.15, -0.1) is 0 Å². The summed E-state index contributed by atoms with van der Waals surface area (Å²) in [5, 5.41) is 9.26. The molecule has 0 radical (unpaired) electrons. The van der Waals surface area contributed by atoms with Crippen molar-refractivity contribution in [3.8, 4) is 5.88 Å². The second kappa shape index (κ2) is 10.7. The number of ether oxygens (including phenoxy) is 1. The van der Waals surface area contributed by atoms with E-state index < -0.39 is 0 Å². The Kier molecular flexibility index (Phi) is 9.05. The first-order valence-electron chi connectivity index (χ1n) is 8.03. The zero-order valence-corrected chi connectivity index (χ0v) is 13.0. The smallest absolute Gasteiger partial charge is 0.213 e. The molecule has 3 nitrogen and oxygen atoms in total. The summed E-state index contributed by atoms with van der Waals surface area (Å²) in [6, 6.07) is 3.80. The number of aromatic nitrogens is 1. The molecule has 0 atom stereocenters. The molecule has 1 heterocycles. The van der Waals surface area contributed by atoms with E-state index in [9.17, 15) is 5.11 Å². The van der Waals surface area contributed by atoms with Crippen molar-refractivity contribution in [2.45, 2.75) is 71.8 Å². The van der Waals surface area contributed by atoms with Gasteiger partial charge in [-0.05, 0) is 24.5 Å². The van der Waals surface area contributed by atoms with Crippen molar-refractivity contribution in [1.29, 1.82) is 0 Å². The van der Waals surface area contributed by atoms with Crippen LogP contribution < -0.4 is 4.74 Å². The Morgan fingerprint density at radius 1 is 1.00 bits per heavy atom. The Bertz CT molecular complexity index is 366. The third-order valence-corrected chi connectivity index (χ3v) is 3.35. The first kappa shape index (κ1) is 17.0. The lowest BCUT2D eigenvalue weighted by Crippen LogP contribution is -2.02. The molecular formula is C17H29NO2. The number of aryl methyl sites for hydroxylation is 1. The van der Waals surface area contributed by atoms with Crippen molar-refractivity contribution in [3.05, 3.63) is 23.4 Å². The fourth-order valence-electron chi connectivity index (χ4n) is 2.23. The number of rotatable bonds is 11. The van der Waals surface area contributed by atoms with Crippen LogP contribution in [0.5, 0.6) is 5.88 Å². The van der Waals surface area contributed by atoms with E-state index in [1.807, 2.05) is 12.1 Å². The highest BCUT2D eigenvalue weighted by atomic mass is 16.5. The minimum Gasteiger partial charge on any atom is -0.478 e. The maximum Gasteiger partial charge on any atom is 0.213 e. The second-order valence-corrected chi connectivity index (χ2v) is 5.33. The van der Waals surface area contributed by atoms with E-state index in [-0.39, 0.29) is 6.61 Å². The van der Waals surface area contributed by atoms with Crippen LogP contribution in [0.25, 0.3) is 0 Å². The minimum absolute atomic E-state index is 0.0482. The third-order valence-electron chi connectivity index (χ3n) is 3.35. The Hall–Kier alpha value is -1.09. The quantitative estimate of drug-likeness (QED) is 0.615. The summed E-state index contributed by atoms with van der Waals surface area (Å²) >= 11 is 0. The Labute approximate surface area is 123 Å². The summed E-state index contributed by atoms with van der Waals surface area (Å²) in [5.41, 5.74) is 1.90. The predicted molar refractivity (Wildman–Crippen MR) is 83.0 cm³/mol. The lowest BCUT2D eigenvalue weighted by molar-refractivity contribution is 0.274. The summed E-state index contributed by atoms with van der Waals surface area (Å²) < 4.78 is 5.72. The SMILES string of the molecule is CCCCCCCCOc1cc(CO)cc(CCC)n1. The standard InChI is InChI=1S/C17H29NO2/c1-3-5-6-7-8-9-11-20-17-13-15(14-19)12-16(18-17)10-4-2/h12-13,19H,3-11,14H2,1-2H3. The average Bonchev–Trinajstić information content (AvgIpc) is 2.46. The van der Waals surface area contributed by atoms with Crippen molar-refractivity contribution in [1.82, 2.24) is 4.98 Å². The lowest BCUT2D eigenvalue weighted by Gasteiger charge is -2.09. The van der Waals surface area contributed by atoms with Crippen LogP contribution in [-0.2, 0) is 13.0 Å². The van der Waals surface area contributed by atoms with Crippen LogP contribution in [0.15, 0.2) is 12.1 Å². The van der Waals surface area contributed by atoms with Gasteiger partial charge in [0.25, 0.3) is 0 Å². The zero-order valence-electron chi connectivity index (χ0n) is 13.0. The van der Waals surface area contributed by atoms with Gasteiger partial charge in [-0.3, -0.25) is 0 Å². The van der Waals surface area contributed by atoms with Gasteiger partial charge in [0.1, 0.15) is 0 Å². The number of pyridine rings is 1. The maximum absolute atomic E-state index is 9.26. The Balaban J connectivity index is 2.33. The molecule has 3 heteroatoms. The van der Waals surface area contributed by atoms with E-state index in [0.29, 0.717) is 5.88 Å². The molecule has 0 aliphatic carbocycles. The van der Waals surface area contributed by atoms with Gasteiger partial charge in [-0.1, -0.05) is 52.4 Å². The molecule has 0 aliphatic rings. The summed E-state index contributed by atoms with van der Waals surface area (Å²) in [5.74, 6) is 0.661. The third kappa shape index (κ3) is 6.90. The van der Waals surface area contributed by atoms with Gasteiger partial charge in [0, 0.05) is 11.8 Å². The number of aliphatic hydroxyl groups is 1. The molecule has 1 N–H and O–H groups in total. The first-order chi connectivity index (χ1) is 9.80. The van der Waals surface area contributed by atoms with E-state index in [1.54, 1.807) is 0 Å². The van der Waals surface area contributed by atoms with Crippen LogP contribution in [0.1, 0.15) is 70.1 Å². The fraction of sp³-hybridized carbons (Fsp3) is 0.706. The molecule has 0 saturated heterocycles. The molecular weight excluding hydrogens is 250 g/mol. The Morgan fingerprint density at radius 3 is 2.45 bits per heavy atom. The topological polar surface area (TPSA) is 42.4 Å². The predicted octanol–water partition coefficient (Wildman–Crippen LogP) is 4.27. The van der Waals surface area contributed by atoms with Gasteiger partial charge in [-0.2, -0.15) is 0 Å². The molecule has 1 aromatic rings. The van der Waals surface area contributed by atoms with Gasteiger partial charge in [0.05, 0.1) is 13.2 Å². The summed E-state index contributed by atoms with van der Waals surface area (Å²) in [4.78, 5) is 4.48. The highest BCUT2D eigenvalue weighted by Gasteiger charge is 2.03. The molecule has 0 aromatic carbocycles. The van der Waals surface area contributed by atoms with Gasteiger partial charge >= 0.3 is 0 Å². The van der Waals surface area contributed by atoms with Gasteiger partial charge in [0.2, 0.25) is 5.88 Å². The first-order valence-corrected chi connectivity index (χ1v) is 8.03. The van der Waals surface area contributed by atoms with Crippen LogP contribution in [0.3, 0.4) is 0 Å². The number of hydrogen-bond acceptors (Lipinski definition) is 3. The van der Waals surface area contributed by atoms with Crippen molar-refractivity contribution in [3.63, 3.8) is 0 Å². The van der Waals surface area contributed by atoms with Crippen molar-refractivity contribution in [2.75, 3.05) is 6.61 Å². The summed E-state index contributed by atoms with van der Waals surface area (Å²) in [6.45, 7) is 5.13. The van der Waals surface area contributed by atoms with Crippen LogP contribution in [0.4, 0.5) is 0 Å². The van der Waals surface area contributed by atoms with Crippen molar-refractivity contribution < 1.29 is 9.84 Å². The van der Waals surface area contributed by atoms with E-state index >= 15 is 0 Å². The molecule has 0 spiro atoms. The number of aliphatic hydroxyl groups excluding tert-OH is 1. The number of nitrogens with zero attached hydrogens (tertiary/aromatic N) is 1. The highest BCUT2D eigenvalue weighted by molar-refractivity contribution is 5.24. The van der Waals surface area contributed by atoms with E-state index in [4.69, 9.17) is 4.74 Å². The molecule has 1 aromatic heterocycles. The maximum atomic E-state index is 9.26. The molecule has 0 saturated carbocycles. The van der Waals surface area contributed by atoms with E-state index in [2.05, 4.69) is 18.8 Å². The van der Waals surface area contributed by atoms with Crippen molar-refractivity contribution >= 4 is 0 Å². The summed E-state index contributed by atoms with van der Waals surface area (Å²) in [6.07, 6.45) is 9.53. The largest absolute Gasteiger partial charge is 0.478 e. The molecule has 0 aliphatic heterocycles. The number of hydrogen-bond donors (Lipinski definition) is 1. The second-order valence-electron chi connectivity index (χ2n) is 5.33. The van der Waals surface area contributed by atoms with Crippen LogP contribution in [-0.4, -0.2) is 16.7 Å². The molecule has 1 rings (SSSR count). The molecule has 0 unspecified atom stereocenters. The van der Waals surface area contributed by atoms with E-state index in [0.717, 1.165) is 37.1 Å². The average molecular weight is 279 g/mol. The van der Waals surface area contributed by atoms with Gasteiger partial charge < -0.3 is 9.84 Å². The minimum atomic E-state index is 0.0482. The van der Waals surface area contributed by atoms with Gasteiger partial charge in [0.15, 0.2) is 0 Å². The lowest BCUT2D eigenvalue weighted by atomic mass is 10.1. The Morgan fingerprint density at radius 2 is 1.75 bits per heavy atom. The van der Waals surface area contributed by atoms with Gasteiger partial charge in [-0.25, -0.2) is 4.98 Å². The van der Waals surface area contributed by atoms with Crippen molar-refractivity contribution in [2.24, 2.45) is 0 Å². The molecule has 0 amide bonds. The molecule has 114 valence electrons. The van der Waals surface area contributed by atoms with Crippen LogP contribution in [0, 0.1) is 0 Å². The highest BCUT2D eigenvalue weighted by Crippen LogP contribution is 2.15. The van der Waals surface area contributed by atoms with E-state index in [1.165, 1.54) is 32.1 Å². The molecule has 0 bridgehead atoms.